The number of furan rings is 1. The Balaban J connectivity index is 1.71. The Hall–Kier alpha value is -2.57. The second-order valence-corrected chi connectivity index (χ2v) is 7.48. The average Bonchev–Trinajstić information content (AvgIpc) is 3.04. The number of sulfonamides is 1. The highest BCUT2D eigenvalue weighted by Crippen LogP contribution is 2.24. The zero-order valence-electron chi connectivity index (χ0n) is 13.3. The van der Waals surface area contributed by atoms with Crippen molar-refractivity contribution in [3.05, 3.63) is 77.0 Å². The number of rotatable bonds is 5. The maximum absolute atomic E-state index is 12.1. The Morgan fingerprint density at radius 2 is 1.84 bits per heavy atom. The molecule has 1 aromatic heterocycles. The molecular formula is C18H15ClN2O3S. The number of halogens is 1. The van der Waals surface area contributed by atoms with Crippen molar-refractivity contribution in [3.8, 4) is 11.3 Å². The Morgan fingerprint density at radius 1 is 1.08 bits per heavy atom. The molecule has 3 aromatic rings. The summed E-state index contributed by atoms with van der Waals surface area (Å²) >= 11 is 5.96. The zero-order chi connectivity index (χ0) is 17.9. The van der Waals surface area contributed by atoms with Crippen LogP contribution >= 0.6 is 11.6 Å². The SMILES string of the molecule is Cc1ccc(S(=O)(=O)N/N=C/c2ccc(-c3cccc(Cl)c3)o2)cc1. The van der Waals surface area contributed by atoms with E-state index >= 15 is 0 Å². The Kier molecular flexibility index (Phi) is 4.92. The van der Waals surface area contributed by atoms with Gasteiger partial charge in [0.1, 0.15) is 11.5 Å². The molecule has 25 heavy (non-hydrogen) atoms. The highest BCUT2D eigenvalue weighted by Gasteiger charge is 2.12. The molecule has 3 rings (SSSR count). The number of hydrogen-bond acceptors (Lipinski definition) is 4. The van der Waals surface area contributed by atoms with Gasteiger partial charge in [-0.15, -0.1) is 0 Å². The van der Waals surface area contributed by atoms with Crippen molar-refractivity contribution in [3.63, 3.8) is 0 Å². The molecule has 1 heterocycles. The molecule has 128 valence electrons. The third-order valence-electron chi connectivity index (χ3n) is 3.43. The van der Waals surface area contributed by atoms with Crippen molar-refractivity contribution in [2.45, 2.75) is 11.8 Å². The van der Waals surface area contributed by atoms with Gasteiger partial charge in [-0.2, -0.15) is 18.4 Å². The Bertz CT molecular complexity index is 1010. The van der Waals surface area contributed by atoms with Gasteiger partial charge in [-0.3, -0.25) is 0 Å². The number of nitrogens with one attached hydrogen (secondary N) is 1. The molecule has 0 atom stereocenters. The topological polar surface area (TPSA) is 71.7 Å². The van der Waals surface area contributed by atoms with Gasteiger partial charge in [0.05, 0.1) is 11.1 Å². The van der Waals surface area contributed by atoms with E-state index in [1.54, 1.807) is 36.4 Å². The maximum atomic E-state index is 12.1. The van der Waals surface area contributed by atoms with Gasteiger partial charge in [-0.05, 0) is 43.3 Å². The summed E-state index contributed by atoms with van der Waals surface area (Å²) < 4.78 is 29.9. The van der Waals surface area contributed by atoms with Crippen LogP contribution in [0.3, 0.4) is 0 Å². The van der Waals surface area contributed by atoms with Crippen molar-refractivity contribution in [2.24, 2.45) is 5.10 Å². The first-order chi connectivity index (χ1) is 11.9. The Labute approximate surface area is 151 Å². The molecule has 0 fully saturated rings. The molecule has 5 nitrogen and oxygen atoms in total. The van der Waals surface area contributed by atoms with E-state index < -0.39 is 10.0 Å². The summed E-state index contributed by atoms with van der Waals surface area (Å²) in [6.07, 6.45) is 1.31. The van der Waals surface area contributed by atoms with Gasteiger partial charge in [0.2, 0.25) is 0 Å². The van der Waals surface area contributed by atoms with Crippen molar-refractivity contribution in [1.29, 1.82) is 0 Å². The lowest BCUT2D eigenvalue weighted by molar-refractivity contribution is 0.573. The molecule has 1 N–H and O–H groups in total. The minimum Gasteiger partial charge on any atom is -0.455 e. The van der Waals surface area contributed by atoms with E-state index in [0.29, 0.717) is 16.5 Å². The molecule has 0 unspecified atom stereocenters. The van der Waals surface area contributed by atoms with Crippen LogP contribution in [0.1, 0.15) is 11.3 Å². The molecule has 0 spiro atoms. The van der Waals surface area contributed by atoms with Gasteiger partial charge in [-0.1, -0.05) is 41.4 Å². The molecule has 7 heteroatoms. The van der Waals surface area contributed by atoms with Gasteiger partial charge in [-0.25, -0.2) is 0 Å². The average molecular weight is 375 g/mol. The molecule has 0 amide bonds. The highest BCUT2D eigenvalue weighted by molar-refractivity contribution is 7.89. The fraction of sp³-hybridized carbons (Fsp3) is 0.0556. The molecule has 0 saturated carbocycles. The molecule has 2 aromatic carbocycles. The third kappa shape index (κ3) is 4.29. The predicted molar refractivity (Wildman–Crippen MR) is 98.2 cm³/mol. The van der Waals surface area contributed by atoms with Crippen LogP contribution in [0.2, 0.25) is 5.02 Å². The minimum absolute atomic E-state index is 0.148. The van der Waals surface area contributed by atoms with Crippen LogP contribution in [-0.4, -0.2) is 14.6 Å². The second kappa shape index (κ2) is 7.13. The van der Waals surface area contributed by atoms with Crippen molar-refractivity contribution in [2.75, 3.05) is 0 Å². The predicted octanol–water partition coefficient (Wildman–Crippen LogP) is 4.22. The first kappa shape index (κ1) is 17.3. The largest absolute Gasteiger partial charge is 0.455 e. The summed E-state index contributed by atoms with van der Waals surface area (Å²) in [5.74, 6) is 1.03. The number of hydrogen-bond donors (Lipinski definition) is 1. The van der Waals surface area contributed by atoms with Crippen molar-refractivity contribution >= 4 is 27.8 Å². The van der Waals surface area contributed by atoms with E-state index in [9.17, 15) is 8.42 Å². The molecule has 0 aliphatic carbocycles. The molecular weight excluding hydrogens is 360 g/mol. The lowest BCUT2D eigenvalue weighted by atomic mass is 10.2. The van der Waals surface area contributed by atoms with Crippen molar-refractivity contribution in [1.82, 2.24) is 4.83 Å². The highest BCUT2D eigenvalue weighted by atomic mass is 35.5. The summed E-state index contributed by atoms with van der Waals surface area (Å²) in [4.78, 5) is 2.31. The summed E-state index contributed by atoms with van der Waals surface area (Å²) in [5.41, 5.74) is 1.80. The van der Waals surface area contributed by atoms with E-state index in [1.807, 2.05) is 19.1 Å². The fourth-order valence-corrected chi connectivity index (χ4v) is 3.13. The monoisotopic (exact) mass is 374 g/mol. The van der Waals surface area contributed by atoms with Gasteiger partial charge in [0.25, 0.3) is 10.0 Å². The summed E-state index contributed by atoms with van der Waals surface area (Å²) in [6, 6.07) is 17.2. The summed E-state index contributed by atoms with van der Waals surface area (Å²) in [7, 11) is -3.71. The number of nitrogens with zero attached hydrogens (tertiary/aromatic N) is 1. The fourth-order valence-electron chi connectivity index (χ4n) is 2.15. The van der Waals surface area contributed by atoms with Crippen LogP contribution in [0.15, 0.2) is 75.1 Å². The van der Waals surface area contributed by atoms with Gasteiger partial charge >= 0.3 is 0 Å². The normalized spacial score (nSPS) is 11.8. The van der Waals surface area contributed by atoms with Crippen LogP contribution in [-0.2, 0) is 10.0 Å². The number of benzene rings is 2. The van der Waals surface area contributed by atoms with E-state index in [1.165, 1.54) is 18.3 Å². The van der Waals surface area contributed by atoms with E-state index in [2.05, 4.69) is 9.93 Å². The number of hydrazone groups is 1. The lowest BCUT2D eigenvalue weighted by Gasteiger charge is -2.03. The van der Waals surface area contributed by atoms with Crippen LogP contribution in [0.5, 0.6) is 0 Å². The van der Waals surface area contributed by atoms with Crippen LogP contribution < -0.4 is 4.83 Å². The van der Waals surface area contributed by atoms with Gasteiger partial charge in [0.15, 0.2) is 0 Å². The van der Waals surface area contributed by atoms with Gasteiger partial charge < -0.3 is 4.42 Å². The standard InChI is InChI=1S/C18H15ClN2O3S/c1-13-5-8-17(9-6-13)25(22,23)21-20-12-16-7-10-18(24-16)14-3-2-4-15(19)11-14/h2-12,21H,1H3/b20-12+. The smallest absolute Gasteiger partial charge is 0.276 e. The molecule has 0 saturated heterocycles. The van der Waals surface area contributed by atoms with Crippen LogP contribution in [0.25, 0.3) is 11.3 Å². The van der Waals surface area contributed by atoms with E-state index in [0.717, 1.165) is 11.1 Å². The summed E-state index contributed by atoms with van der Waals surface area (Å²) in [6.45, 7) is 1.89. The second-order valence-electron chi connectivity index (χ2n) is 5.38. The minimum atomic E-state index is -3.71. The quantitative estimate of drug-likeness (QED) is 0.536. The number of aryl methyl sites for hydroxylation is 1. The first-order valence-corrected chi connectivity index (χ1v) is 9.27. The molecule has 0 aliphatic rings. The zero-order valence-corrected chi connectivity index (χ0v) is 14.9. The van der Waals surface area contributed by atoms with Gasteiger partial charge in [0, 0.05) is 10.6 Å². The van der Waals surface area contributed by atoms with Crippen molar-refractivity contribution < 1.29 is 12.8 Å². The Morgan fingerprint density at radius 3 is 2.56 bits per heavy atom. The van der Waals surface area contributed by atoms with E-state index in [-0.39, 0.29) is 4.90 Å². The van der Waals surface area contributed by atoms with Crippen LogP contribution in [0, 0.1) is 6.92 Å². The van der Waals surface area contributed by atoms with E-state index in [4.69, 9.17) is 16.0 Å². The summed E-state index contributed by atoms with van der Waals surface area (Å²) in [5, 5.41) is 4.36. The van der Waals surface area contributed by atoms with Crippen LogP contribution in [0.4, 0.5) is 0 Å². The molecule has 0 bridgehead atoms. The first-order valence-electron chi connectivity index (χ1n) is 7.41. The third-order valence-corrected chi connectivity index (χ3v) is 4.91. The molecule has 0 radical (unpaired) electrons. The lowest BCUT2D eigenvalue weighted by Crippen LogP contribution is -2.18. The molecule has 0 aliphatic heterocycles. The maximum Gasteiger partial charge on any atom is 0.276 e.